The second-order valence-corrected chi connectivity index (χ2v) is 10.2. The summed E-state index contributed by atoms with van der Waals surface area (Å²) in [6.07, 6.45) is -2.17. The van der Waals surface area contributed by atoms with Gasteiger partial charge < -0.3 is 15.2 Å². The minimum Gasteiger partial charge on any atom is -0.323 e. The van der Waals surface area contributed by atoms with Gasteiger partial charge in [0.2, 0.25) is 16.4 Å². The number of alkyl halides is 3. The first kappa shape index (κ1) is 26.9. The molecular formula is C22H22BrCl2F3N6O2. The van der Waals surface area contributed by atoms with Crippen LogP contribution in [0, 0.1) is 0 Å². The van der Waals surface area contributed by atoms with Crippen molar-refractivity contribution in [2.75, 3.05) is 18.4 Å². The van der Waals surface area contributed by atoms with Crippen LogP contribution >= 0.6 is 39.9 Å². The number of benzene rings is 1. The number of nitrogens with zero attached hydrogens (tertiary/aromatic N) is 4. The lowest BCUT2D eigenvalue weighted by molar-refractivity contribution is -0.137. The van der Waals surface area contributed by atoms with Gasteiger partial charge in [0.1, 0.15) is 6.54 Å². The summed E-state index contributed by atoms with van der Waals surface area (Å²) in [6.45, 7) is 3.39. The van der Waals surface area contributed by atoms with Crippen LogP contribution in [0.5, 0.6) is 0 Å². The van der Waals surface area contributed by atoms with Crippen LogP contribution in [0.3, 0.4) is 0 Å². The van der Waals surface area contributed by atoms with Crippen molar-refractivity contribution in [3.63, 3.8) is 0 Å². The van der Waals surface area contributed by atoms with E-state index in [0.717, 1.165) is 56.2 Å². The van der Waals surface area contributed by atoms with Crippen LogP contribution in [0.25, 0.3) is 5.78 Å². The Morgan fingerprint density at radius 2 is 2.03 bits per heavy atom. The third-order valence-electron chi connectivity index (χ3n) is 6.89. The van der Waals surface area contributed by atoms with E-state index in [0.29, 0.717) is 5.56 Å². The first-order valence-electron chi connectivity index (χ1n) is 11.1. The molecule has 1 spiro atoms. The Labute approximate surface area is 223 Å². The highest BCUT2D eigenvalue weighted by Gasteiger charge is 2.47. The van der Waals surface area contributed by atoms with Gasteiger partial charge in [-0.2, -0.15) is 22.7 Å². The summed E-state index contributed by atoms with van der Waals surface area (Å²) >= 11 is 9.24. The highest BCUT2D eigenvalue weighted by molar-refractivity contribution is 9.10. The maximum absolute atomic E-state index is 13.5. The van der Waals surface area contributed by atoms with Gasteiger partial charge in [-0.3, -0.25) is 9.59 Å². The van der Waals surface area contributed by atoms with Crippen LogP contribution in [0.4, 0.5) is 18.9 Å². The standard InChI is InChI=1S/C22H21BrClF3N6O2.ClH/c1-11-9-21(4-6-28-7-5-21)16-17(11)32(20-30-19(23)31-33(20)18(16)35)10-15(34)29-14-3-2-12(8-13(14)24)22(25,26)27;/h2-3,8,11,28H,4-7,9-10H2,1H3,(H,29,34);1H. The van der Waals surface area contributed by atoms with Gasteiger partial charge in [-0.15, -0.1) is 17.5 Å². The van der Waals surface area contributed by atoms with E-state index < -0.39 is 17.6 Å². The summed E-state index contributed by atoms with van der Waals surface area (Å²) in [7, 11) is 0. The summed E-state index contributed by atoms with van der Waals surface area (Å²) in [4.78, 5) is 30.9. The SMILES string of the molecule is CC1CC2(CCNCC2)c2c1n(CC(=O)Nc1ccc(C(F)(F)F)cc1Cl)c1nc(Br)nn1c2=O.Cl. The second-order valence-electron chi connectivity index (χ2n) is 9.12. The Morgan fingerprint density at radius 3 is 2.67 bits per heavy atom. The van der Waals surface area contributed by atoms with Gasteiger partial charge in [-0.05, 0) is 72.4 Å². The molecule has 0 bridgehead atoms. The van der Waals surface area contributed by atoms with Crippen LogP contribution in [0.1, 0.15) is 48.9 Å². The molecule has 1 fully saturated rings. The highest BCUT2D eigenvalue weighted by Crippen LogP contribution is 2.49. The van der Waals surface area contributed by atoms with Crippen LogP contribution in [-0.2, 0) is 22.9 Å². The Balaban J connectivity index is 0.00000304. The zero-order valence-electron chi connectivity index (χ0n) is 19.0. The lowest BCUT2D eigenvalue weighted by Gasteiger charge is -2.34. The average Bonchev–Trinajstić information content (AvgIpc) is 3.30. The number of aromatic nitrogens is 4. The molecule has 1 amide bonds. The number of carbonyl (C=O) groups excluding carboxylic acids is 1. The summed E-state index contributed by atoms with van der Waals surface area (Å²) in [6, 6.07) is 2.75. The minimum absolute atomic E-state index is 0. The zero-order chi connectivity index (χ0) is 25.1. The fourth-order valence-corrected chi connectivity index (χ4v) is 6.03. The molecule has 3 aromatic rings. The molecule has 8 nitrogen and oxygen atoms in total. The molecule has 2 aliphatic rings. The van der Waals surface area contributed by atoms with E-state index in [1.165, 1.54) is 4.52 Å². The van der Waals surface area contributed by atoms with Crippen LogP contribution < -0.4 is 16.2 Å². The quantitative estimate of drug-likeness (QED) is 0.456. The van der Waals surface area contributed by atoms with Gasteiger partial charge in [0.25, 0.3) is 5.56 Å². The van der Waals surface area contributed by atoms with Crippen LogP contribution in [0.2, 0.25) is 5.02 Å². The van der Waals surface area contributed by atoms with Crippen molar-refractivity contribution >= 4 is 57.3 Å². The van der Waals surface area contributed by atoms with Gasteiger partial charge >= 0.3 is 6.18 Å². The number of anilines is 1. The monoisotopic (exact) mass is 608 g/mol. The van der Waals surface area contributed by atoms with Crippen molar-refractivity contribution in [1.29, 1.82) is 0 Å². The summed E-state index contributed by atoms with van der Waals surface area (Å²) in [5.41, 5.74) is 0.0222. The van der Waals surface area contributed by atoms with Gasteiger partial charge in [-0.25, -0.2) is 0 Å². The number of halogens is 6. The normalized spacial score (nSPS) is 18.8. The molecule has 2 aromatic heterocycles. The summed E-state index contributed by atoms with van der Waals surface area (Å²) < 4.78 is 42.0. The molecule has 3 heterocycles. The van der Waals surface area contributed by atoms with E-state index in [1.807, 2.05) is 6.92 Å². The van der Waals surface area contributed by atoms with E-state index >= 15 is 0 Å². The number of amides is 1. The Kier molecular flexibility index (Phi) is 7.19. The predicted octanol–water partition coefficient (Wildman–Crippen LogP) is 4.51. The van der Waals surface area contributed by atoms with E-state index in [1.54, 1.807) is 4.57 Å². The Morgan fingerprint density at radius 1 is 1.33 bits per heavy atom. The number of carbonyl (C=O) groups is 1. The molecule has 1 aliphatic heterocycles. The molecule has 0 saturated carbocycles. The largest absolute Gasteiger partial charge is 0.416 e. The maximum atomic E-state index is 13.5. The third-order valence-corrected chi connectivity index (χ3v) is 7.53. The number of fused-ring (bicyclic) bond motifs is 3. The first-order valence-corrected chi connectivity index (χ1v) is 12.2. The van der Waals surface area contributed by atoms with Crippen molar-refractivity contribution in [2.24, 2.45) is 0 Å². The number of hydrogen-bond donors (Lipinski definition) is 2. The average molecular weight is 610 g/mol. The number of nitrogens with one attached hydrogen (secondary N) is 2. The van der Waals surface area contributed by atoms with Crippen LogP contribution in [-0.4, -0.2) is 38.2 Å². The van der Waals surface area contributed by atoms with Gasteiger partial charge in [0.05, 0.1) is 16.3 Å². The van der Waals surface area contributed by atoms with Crippen molar-refractivity contribution in [3.05, 3.63) is 55.1 Å². The molecule has 0 radical (unpaired) electrons. The molecule has 194 valence electrons. The zero-order valence-corrected chi connectivity index (χ0v) is 22.1. The smallest absolute Gasteiger partial charge is 0.323 e. The Hall–Kier alpha value is -2.15. The Bertz CT molecular complexity index is 1400. The van der Waals surface area contributed by atoms with E-state index in [-0.39, 0.29) is 57.1 Å². The molecule has 1 saturated heterocycles. The molecule has 1 atom stereocenters. The van der Waals surface area contributed by atoms with E-state index in [4.69, 9.17) is 11.6 Å². The molecule has 14 heteroatoms. The molecule has 2 N–H and O–H groups in total. The first-order chi connectivity index (χ1) is 16.5. The maximum Gasteiger partial charge on any atom is 0.416 e. The third kappa shape index (κ3) is 4.52. The molecule has 5 rings (SSSR count). The lowest BCUT2D eigenvalue weighted by Crippen LogP contribution is -2.42. The fraction of sp³-hybridized carbons (Fsp3) is 0.455. The van der Waals surface area contributed by atoms with Crippen molar-refractivity contribution in [2.45, 2.75) is 50.2 Å². The van der Waals surface area contributed by atoms with Gasteiger partial charge in [0, 0.05) is 16.7 Å². The van der Waals surface area contributed by atoms with E-state index in [2.05, 4.69) is 36.6 Å². The number of rotatable bonds is 3. The molecule has 36 heavy (non-hydrogen) atoms. The van der Waals surface area contributed by atoms with Crippen molar-refractivity contribution in [1.82, 2.24) is 24.5 Å². The fourth-order valence-electron chi connectivity index (χ4n) is 5.49. The lowest BCUT2D eigenvalue weighted by atomic mass is 9.74. The summed E-state index contributed by atoms with van der Waals surface area (Å²) in [5.74, 6) is -0.303. The number of hydrogen-bond acceptors (Lipinski definition) is 5. The highest BCUT2D eigenvalue weighted by atomic mass is 79.9. The second kappa shape index (κ2) is 9.62. The van der Waals surface area contributed by atoms with Gasteiger partial charge in [0.15, 0.2) is 0 Å². The molecule has 1 unspecified atom stereocenters. The van der Waals surface area contributed by atoms with E-state index in [9.17, 15) is 22.8 Å². The van der Waals surface area contributed by atoms with Gasteiger partial charge in [-0.1, -0.05) is 18.5 Å². The van der Waals surface area contributed by atoms with Crippen molar-refractivity contribution < 1.29 is 18.0 Å². The molecule has 1 aromatic carbocycles. The van der Waals surface area contributed by atoms with Crippen LogP contribution in [0.15, 0.2) is 27.7 Å². The minimum atomic E-state index is -4.55. The number of piperidine rings is 1. The topological polar surface area (TPSA) is 93.3 Å². The predicted molar refractivity (Wildman–Crippen MR) is 134 cm³/mol. The molecule has 1 aliphatic carbocycles. The van der Waals surface area contributed by atoms with Crippen molar-refractivity contribution in [3.8, 4) is 0 Å². The summed E-state index contributed by atoms with van der Waals surface area (Å²) in [5, 5.41) is 9.90. The molecular weight excluding hydrogens is 588 g/mol.